The minimum atomic E-state index is 0.205. The fourth-order valence-electron chi connectivity index (χ4n) is 7.88. The molecule has 0 bridgehead atoms. The van der Waals surface area contributed by atoms with Crippen LogP contribution in [0.25, 0.3) is 90.3 Å². The van der Waals surface area contributed by atoms with E-state index in [0.29, 0.717) is 0 Å². The highest BCUT2D eigenvalue weighted by Gasteiger charge is 2.24. The first-order valence-corrected chi connectivity index (χ1v) is 19.9. The van der Waals surface area contributed by atoms with Crippen molar-refractivity contribution < 1.29 is 10.2 Å². The fourth-order valence-corrected chi connectivity index (χ4v) is 7.88. The first kappa shape index (κ1) is 36.1. The summed E-state index contributed by atoms with van der Waals surface area (Å²) in [4.78, 5) is 10.6. The standard InChI is InChI=1S/C54H38N4O2/c59-47-33-25-43(26-34-47)53-55-49(39-13-5-1-6-14-39)51(41-17-9-3-10-18-41)57(53)45-29-21-37(22-30-45)38-23-31-46(32-24-38)58-52(42-19-11-4-12-20-42)50(40-15-7-2-8-16-40)56-54(58)44-27-35-48(60)36-28-44/h1-36,59-60H. The summed E-state index contributed by atoms with van der Waals surface area (Å²) in [5.41, 5.74) is 13.7. The van der Waals surface area contributed by atoms with Gasteiger partial charge in [-0.1, -0.05) is 146 Å². The largest absolute Gasteiger partial charge is 0.508 e. The van der Waals surface area contributed by atoms with Gasteiger partial charge in [-0.15, -0.1) is 0 Å². The number of imidazole rings is 2. The Kier molecular flexibility index (Phi) is 9.40. The van der Waals surface area contributed by atoms with Crippen LogP contribution in [-0.4, -0.2) is 29.3 Å². The summed E-state index contributed by atoms with van der Waals surface area (Å²) in [6.07, 6.45) is 0. The van der Waals surface area contributed by atoms with Gasteiger partial charge in [0.2, 0.25) is 0 Å². The van der Waals surface area contributed by atoms with E-state index in [1.165, 1.54) is 0 Å². The predicted molar refractivity (Wildman–Crippen MR) is 242 cm³/mol. The Labute approximate surface area is 348 Å². The van der Waals surface area contributed by atoms with Gasteiger partial charge in [0.1, 0.15) is 23.1 Å². The van der Waals surface area contributed by atoms with Gasteiger partial charge in [-0.3, -0.25) is 9.13 Å². The Morgan fingerprint density at radius 1 is 0.267 bits per heavy atom. The lowest BCUT2D eigenvalue weighted by atomic mass is 10.0. The maximum absolute atomic E-state index is 10.2. The van der Waals surface area contributed by atoms with Crippen molar-refractivity contribution in [1.82, 2.24) is 19.1 Å². The monoisotopic (exact) mass is 774 g/mol. The lowest BCUT2D eigenvalue weighted by molar-refractivity contribution is 0.475. The van der Waals surface area contributed by atoms with E-state index in [-0.39, 0.29) is 11.5 Å². The zero-order valence-corrected chi connectivity index (χ0v) is 32.5. The molecule has 2 aromatic heterocycles. The number of aromatic nitrogens is 4. The first-order valence-electron chi connectivity index (χ1n) is 19.9. The number of benzene rings is 8. The van der Waals surface area contributed by atoms with Crippen LogP contribution >= 0.6 is 0 Å². The number of phenols is 2. The van der Waals surface area contributed by atoms with Gasteiger partial charge in [0.15, 0.2) is 0 Å². The van der Waals surface area contributed by atoms with Crippen molar-refractivity contribution in [2.75, 3.05) is 0 Å². The minimum absolute atomic E-state index is 0.205. The fraction of sp³-hybridized carbons (Fsp3) is 0. The van der Waals surface area contributed by atoms with Crippen molar-refractivity contribution in [3.8, 4) is 102 Å². The quantitative estimate of drug-likeness (QED) is 0.153. The molecule has 10 aromatic rings. The van der Waals surface area contributed by atoms with E-state index < -0.39 is 0 Å². The second kappa shape index (κ2) is 15.6. The van der Waals surface area contributed by atoms with Crippen molar-refractivity contribution in [2.45, 2.75) is 0 Å². The van der Waals surface area contributed by atoms with Gasteiger partial charge in [0, 0.05) is 44.8 Å². The molecule has 0 spiro atoms. The van der Waals surface area contributed by atoms with Crippen molar-refractivity contribution in [2.24, 2.45) is 0 Å². The molecular weight excluding hydrogens is 737 g/mol. The van der Waals surface area contributed by atoms with E-state index in [2.05, 4.69) is 130 Å². The summed E-state index contributed by atoms with van der Waals surface area (Å²) in [7, 11) is 0. The number of nitrogens with zero attached hydrogens (tertiary/aromatic N) is 4. The summed E-state index contributed by atoms with van der Waals surface area (Å²) in [5, 5.41) is 20.4. The first-order chi connectivity index (χ1) is 29.6. The molecule has 0 saturated carbocycles. The van der Waals surface area contributed by atoms with Crippen molar-refractivity contribution in [1.29, 1.82) is 0 Å². The molecule has 0 atom stereocenters. The van der Waals surface area contributed by atoms with Crippen LogP contribution in [0, 0.1) is 0 Å². The normalized spacial score (nSPS) is 11.1. The van der Waals surface area contributed by atoms with Gasteiger partial charge in [-0.25, -0.2) is 9.97 Å². The highest BCUT2D eigenvalue weighted by molar-refractivity contribution is 5.86. The Bertz CT molecular complexity index is 2820. The third kappa shape index (κ3) is 6.82. The molecule has 8 aromatic carbocycles. The average molecular weight is 775 g/mol. The number of hydrogen-bond donors (Lipinski definition) is 2. The van der Waals surface area contributed by atoms with Gasteiger partial charge in [0.25, 0.3) is 0 Å². The maximum Gasteiger partial charge on any atom is 0.145 e. The Morgan fingerprint density at radius 3 is 0.867 bits per heavy atom. The highest BCUT2D eigenvalue weighted by atomic mass is 16.3. The van der Waals surface area contributed by atoms with Crippen LogP contribution in [-0.2, 0) is 0 Å². The molecule has 60 heavy (non-hydrogen) atoms. The molecule has 0 amide bonds. The zero-order chi connectivity index (χ0) is 40.4. The number of aromatic hydroxyl groups is 2. The van der Waals surface area contributed by atoms with E-state index >= 15 is 0 Å². The maximum atomic E-state index is 10.2. The van der Waals surface area contributed by atoms with Gasteiger partial charge < -0.3 is 10.2 Å². The summed E-state index contributed by atoms with van der Waals surface area (Å²) in [6, 6.07) is 73.0. The van der Waals surface area contributed by atoms with Crippen LogP contribution in [0.2, 0.25) is 0 Å². The molecule has 0 unspecified atom stereocenters. The third-order valence-electron chi connectivity index (χ3n) is 10.8. The lowest BCUT2D eigenvalue weighted by Crippen LogP contribution is -2.01. The van der Waals surface area contributed by atoms with Crippen LogP contribution in [0.5, 0.6) is 11.5 Å². The van der Waals surface area contributed by atoms with Crippen LogP contribution in [0.15, 0.2) is 218 Å². The number of rotatable bonds is 9. The molecule has 6 heteroatoms. The number of phenolic OH excluding ortho intramolecular Hbond substituents is 2. The molecule has 0 fully saturated rings. The number of hydrogen-bond acceptors (Lipinski definition) is 4. The summed E-state index contributed by atoms with van der Waals surface area (Å²) in [5.74, 6) is 1.96. The topological polar surface area (TPSA) is 76.1 Å². The molecule has 2 N–H and O–H groups in total. The molecule has 0 saturated heterocycles. The summed E-state index contributed by atoms with van der Waals surface area (Å²) >= 11 is 0. The van der Waals surface area contributed by atoms with Gasteiger partial charge >= 0.3 is 0 Å². The summed E-state index contributed by atoms with van der Waals surface area (Å²) in [6.45, 7) is 0. The Hall–Kier alpha value is -8.22. The van der Waals surface area contributed by atoms with Crippen LogP contribution in [0.3, 0.4) is 0 Å². The average Bonchev–Trinajstić information content (AvgIpc) is 3.92. The van der Waals surface area contributed by atoms with Gasteiger partial charge in [-0.2, -0.15) is 0 Å². The minimum Gasteiger partial charge on any atom is -0.508 e. The van der Waals surface area contributed by atoms with E-state index in [0.717, 1.165) is 90.3 Å². The van der Waals surface area contributed by atoms with Crippen molar-refractivity contribution in [3.63, 3.8) is 0 Å². The molecule has 2 heterocycles. The van der Waals surface area contributed by atoms with E-state index in [4.69, 9.17) is 9.97 Å². The Balaban J connectivity index is 1.09. The third-order valence-corrected chi connectivity index (χ3v) is 10.8. The Morgan fingerprint density at radius 2 is 0.550 bits per heavy atom. The lowest BCUT2D eigenvalue weighted by Gasteiger charge is -2.16. The molecule has 286 valence electrons. The highest BCUT2D eigenvalue weighted by Crippen LogP contribution is 2.41. The van der Waals surface area contributed by atoms with E-state index in [1.807, 2.05) is 72.8 Å². The van der Waals surface area contributed by atoms with Crippen LogP contribution in [0.4, 0.5) is 0 Å². The zero-order valence-electron chi connectivity index (χ0n) is 32.5. The van der Waals surface area contributed by atoms with E-state index in [9.17, 15) is 10.2 Å². The molecule has 0 aliphatic carbocycles. The summed E-state index contributed by atoms with van der Waals surface area (Å²) < 4.78 is 4.44. The molecule has 0 radical (unpaired) electrons. The van der Waals surface area contributed by atoms with Gasteiger partial charge in [-0.05, 0) is 83.9 Å². The molecule has 0 aliphatic rings. The predicted octanol–water partition coefficient (Wildman–Crippen LogP) is 13.1. The smallest absolute Gasteiger partial charge is 0.145 e. The van der Waals surface area contributed by atoms with E-state index in [1.54, 1.807) is 24.3 Å². The SMILES string of the molecule is Oc1ccc(-c2nc(-c3ccccc3)c(-c3ccccc3)n2-c2ccc(-c3ccc(-n4c(-c5ccc(O)cc5)nc(-c5ccccc5)c4-c4ccccc4)cc3)cc2)cc1. The van der Waals surface area contributed by atoms with Crippen molar-refractivity contribution >= 4 is 0 Å². The molecule has 10 rings (SSSR count). The van der Waals surface area contributed by atoms with Crippen molar-refractivity contribution in [3.05, 3.63) is 218 Å². The van der Waals surface area contributed by atoms with Crippen LogP contribution < -0.4 is 0 Å². The molecule has 6 nitrogen and oxygen atoms in total. The second-order valence-corrected chi connectivity index (χ2v) is 14.6. The van der Waals surface area contributed by atoms with Gasteiger partial charge in [0.05, 0.1) is 22.8 Å². The molecular formula is C54H38N4O2. The second-order valence-electron chi connectivity index (χ2n) is 14.6. The molecule has 0 aliphatic heterocycles. The van der Waals surface area contributed by atoms with Crippen LogP contribution in [0.1, 0.15) is 0 Å².